The monoisotopic (exact) mass is 892 g/mol. The van der Waals surface area contributed by atoms with Gasteiger partial charge in [-0.25, -0.2) is 4.85 Å². The summed E-state index contributed by atoms with van der Waals surface area (Å²) in [5.41, 5.74) is 13.5. The van der Waals surface area contributed by atoms with Crippen LogP contribution >= 0.6 is 0 Å². The fourth-order valence-electron chi connectivity index (χ4n) is 11.8. The van der Waals surface area contributed by atoms with Crippen LogP contribution in [-0.4, -0.2) is 18.3 Å². The van der Waals surface area contributed by atoms with Gasteiger partial charge in [-0.3, -0.25) is 0 Å². The van der Waals surface area contributed by atoms with Crippen molar-refractivity contribution < 1.29 is 4.42 Å². The topological polar surface area (TPSA) is 61.0 Å². The minimum atomic E-state index is 0.252. The molecule has 0 amide bonds. The van der Waals surface area contributed by atoms with Crippen molar-refractivity contribution in [3.8, 4) is 28.8 Å². The summed E-state index contributed by atoms with van der Waals surface area (Å²) in [6.45, 7) is 11.6. The molecule has 5 aromatic heterocycles. The van der Waals surface area contributed by atoms with Gasteiger partial charge in [0.25, 0.3) is 0 Å². The van der Waals surface area contributed by atoms with E-state index in [0.717, 1.165) is 126 Å². The maximum atomic E-state index is 12.2. The van der Waals surface area contributed by atoms with Gasteiger partial charge in [-0.2, -0.15) is 5.26 Å². The van der Waals surface area contributed by atoms with Crippen molar-refractivity contribution in [2.45, 2.75) is 6.92 Å². The Morgan fingerprint density at radius 1 is 0.371 bits per heavy atom. The Kier molecular flexibility index (Phi) is 7.72. The highest BCUT2D eigenvalue weighted by Crippen LogP contribution is 2.52. The summed E-state index contributed by atoms with van der Waals surface area (Å²) in [5, 5.41) is 22.6. The van der Waals surface area contributed by atoms with E-state index in [0.29, 0.717) is 11.4 Å². The van der Waals surface area contributed by atoms with Crippen molar-refractivity contribution in [2.75, 3.05) is 0 Å². The number of aromatic nitrogens is 4. The molecular weight excluding hydrogens is 857 g/mol. The van der Waals surface area contributed by atoms with Gasteiger partial charge in [0.1, 0.15) is 11.2 Å². The smallest absolute Gasteiger partial charge is 0.232 e. The fourth-order valence-corrected chi connectivity index (χ4v) is 11.8. The van der Waals surface area contributed by atoms with E-state index >= 15 is 0 Å². The van der Waals surface area contributed by atoms with Crippen molar-refractivity contribution in [1.82, 2.24) is 18.3 Å². The number of nitriles is 1. The second kappa shape index (κ2) is 14.1. The summed E-state index contributed by atoms with van der Waals surface area (Å²) in [7, 11) is 0. The average molecular weight is 893 g/mol. The molecule has 0 aliphatic rings. The lowest BCUT2D eigenvalue weighted by molar-refractivity contribution is 0.669. The molecular formula is C63H36N6O. The van der Waals surface area contributed by atoms with Gasteiger partial charge in [0.05, 0.1) is 85.1 Å². The zero-order valence-corrected chi connectivity index (χ0v) is 37.6. The van der Waals surface area contributed by atoms with Crippen LogP contribution in [-0.2, 0) is 0 Å². The lowest BCUT2D eigenvalue weighted by atomic mass is 10.0. The molecule has 0 radical (unpaired) electrons. The molecule has 0 bridgehead atoms. The molecule has 324 valence electrons. The highest BCUT2D eigenvalue weighted by atomic mass is 16.3. The van der Waals surface area contributed by atoms with Crippen LogP contribution in [0.25, 0.3) is 137 Å². The third-order valence-corrected chi connectivity index (χ3v) is 14.6. The van der Waals surface area contributed by atoms with Crippen LogP contribution in [0.1, 0.15) is 11.1 Å². The number of benzene rings is 10. The Labute approximate surface area is 399 Å². The second-order valence-corrected chi connectivity index (χ2v) is 18.3. The molecule has 0 atom stereocenters. The van der Waals surface area contributed by atoms with Crippen LogP contribution in [0.15, 0.2) is 205 Å². The van der Waals surface area contributed by atoms with E-state index in [1.54, 1.807) is 0 Å². The number of hydrogen-bond donors (Lipinski definition) is 0. The standard InChI is InChI=1S/C63H36N6O/c1-37-31-32-55-45(33-37)46-35-58-47(44-23-9-16-30-57(44)70-58)34-56(46)69(55)60-48(36-64)59(65-2)61(66-49-24-10-3-17-38(49)39-18-4-11-25-50(39)66)63(68-53-28-14-7-21-42(53)43-22-8-15-29-54(43)68)62(60)67-51-26-12-5-19-40(51)41-20-6-13-27-52(41)67/h3-35H,1H3. The first kappa shape index (κ1) is 38.3. The highest BCUT2D eigenvalue weighted by molar-refractivity contribution is 6.20. The first-order valence-electron chi connectivity index (χ1n) is 23.4. The maximum Gasteiger partial charge on any atom is 0.232 e. The van der Waals surface area contributed by atoms with Gasteiger partial charge < -0.3 is 22.7 Å². The zero-order valence-electron chi connectivity index (χ0n) is 37.6. The van der Waals surface area contributed by atoms with Crippen LogP contribution in [0.5, 0.6) is 0 Å². The first-order chi connectivity index (χ1) is 34.6. The molecule has 5 heterocycles. The van der Waals surface area contributed by atoms with E-state index in [2.05, 4.69) is 218 Å². The van der Waals surface area contributed by atoms with Crippen LogP contribution in [0, 0.1) is 24.8 Å². The van der Waals surface area contributed by atoms with Crippen LogP contribution in [0.4, 0.5) is 5.69 Å². The third kappa shape index (κ3) is 4.94. The summed E-state index contributed by atoms with van der Waals surface area (Å²) in [4.78, 5) is 4.57. The van der Waals surface area contributed by atoms with Crippen molar-refractivity contribution in [2.24, 2.45) is 0 Å². The number of furan rings is 1. The molecule has 15 aromatic rings. The molecule has 0 N–H and O–H groups in total. The van der Waals surface area contributed by atoms with Crippen LogP contribution in [0.3, 0.4) is 0 Å². The van der Waals surface area contributed by atoms with Crippen LogP contribution in [0.2, 0.25) is 0 Å². The molecule has 7 heteroatoms. The Balaban J connectivity index is 1.29. The molecule has 0 aliphatic carbocycles. The molecule has 0 aliphatic heterocycles. The highest BCUT2D eigenvalue weighted by Gasteiger charge is 2.35. The number of para-hydroxylation sites is 7. The normalized spacial score (nSPS) is 12.0. The van der Waals surface area contributed by atoms with Crippen molar-refractivity contribution in [3.63, 3.8) is 0 Å². The van der Waals surface area contributed by atoms with E-state index < -0.39 is 0 Å². The second-order valence-electron chi connectivity index (χ2n) is 18.3. The summed E-state index contributed by atoms with van der Waals surface area (Å²) in [5.74, 6) is 0. The summed E-state index contributed by atoms with van der Waals surface area (Å²) in [6, 6.07) is 72.9. The van der Waals surface area contributed by atoms with Crippen LogP contribution < -0.4 is 0 Å². The van der Waals surface area contributed by atoms with Gasteiger partial charge in [-0.1, -0.05) is 139 Å². The predicted octanol–water partition coefficient (Wildman–Crippen LogP) is 16.7. The van der Waals surface area contributed by atoms with Gasteiger partial charge in [-0.15, -0.1) is 0 Å². The Hall–Kier alpha value is -9.82. The molecule has 7 nitrogen and oxygen atoms in total. The molecule has 10 aromatic carbocycles. The third-order valence-electron chi connectivity index (χ3n) is 14.6. The number of nitrogens with zero attached hydrogens (tertiary/aromatic N) is 6. The Morgan fingerprint density at radius 2 is 0.757 bits per heavy atom. The lowest BCUT2D eigenvalue weighted by Crippen LogP contribution is -2.15. The maximum absolute atomic E-state index is 12.2. The SMILES string of the molecule is [C-]#[N+]c1c(C#N)c(-n2c3ccc(C)cc3c3cc4oc5ccccc5c4cc32)c(-n2c3ccccc3c3ccccc32)c(-n2c3ccccc3c3ccccc32)c1-n1c2ccccc2c2ccccc21. The number of fused-ring (bicyclic) bond motifs is 15. The van der Waals surface area contributed by atoms with E-state index in [4.69, 9.17) is 4.42 Å². The largest absolute Gasteiger partial charge is 0.456 e. The molecule has 15 rings (SSSR count). The van der Waals surface area contributed by atoms with E-state index in [-0.39, 0.29) is 11.3 Å². The molecule has 0 saturated heterocycles. The van der Waals surface area contributed by atoms with Gasteiger partial charge in [-0.05, 0) is 73.7 Å². The molecule has 0 spiro atoms. The fraction of sp³-hybridized carbons (Fsp3) is 0.0159. The zero-order chi connectivity index (χ0) is 46.4. The van der Waals surface area contributed by atoms with Crippen molar-refractivity contribution in [3.05, 3.63) is 223 Å². The van der Waals surface area contributed by atoms with Gasteiger partial charge in [0, 0.05) is 53.9 Å². The Bertz CT molecular complexity index is 4720. The lowest BCUT2D eigenvalue weighted by Gasteiger charge is -2.28. The Morgan fingerprint density at radius 3 is 1.23 bits per heavy atom. The molecule has 70 heavy (non-hydrogen) atoms. The summed E-state index contributed by atoms with van der Waals surface area (Å²) >= 11 is 0. The number of aryl methyl sites for hydroxylation is 1. The minimum Gasteiger partial charge on any atom is -0.456 e. The van der Waals surface area contributed by atoms with E-state index in [1.807, 2.05) is 18.2 Å². The van der Waals surface area contributed by atoms with E-state index in [9.17, 15) is 11.8 Å². The predicted molar refractivity (Wildman–Crippen MR) is 287 cm³/mol. The molecule has 0 unspecified atom stereocenters. The van der Waals surface area contributed by atoms with Crippen molar-refractivity contribution >= 4 is 115 Å². The average Bonchev–Trinajstić information content (AvgIpc) is 4.21. The van der Waals surface area contributed by atoms with Gasteiger partial charge >= 0.3 is 0 Å². The van der Waals surface area contributed by atoms with E-state index in [1.165, 1.54) is 0 Å². The summed E-state index contributed by atoms with van der Waals surface area (Å²) < 4.78 is 15.8. The number of rotatable bonds is 4. The quantitative estimate of drug-likeness (QED) is 0.165. The molecule has 0 saturated carbocycles. The summed E-state index contributed by atoms with van der Waals surface area (Å²) in [6.07, 6.45) is 0. The van der Waals surface area contributed by atoms with Crippen molar-refractivity contribution in [1.29, 1.82) is 5.26 Å². The van der Waals surface area contributed by atoms with Gasteiger partial charge in [0.15, 0.2) is 0 Å². The molecule has 0 fully saturated rings. The van der Waals surface area contributed by atoms with Gasteiger partial charge in [0.2, 0.25) is 5.69 Å². The minimum absolute atomic E-state index is 0.252. The number of hydrogen-bond acceptors (Lipinski definition) is 2. The first-order valence-corrected chi connectivity index (χ1v) is 23.4.